The number of hydrogen-bond donors (Lipinski definition) is 1. The van der Waals surface area contributed by atoms with Gasteiger partial charge in [0, 0.05) is 29.6 Å². The molecule has 6 heteroatoms. The predicted octanol–water partition coefficient (Wildman–Crippen LogP) is 4.69. The minimum Gasteiger partial charge on any atom is -0.373 e. The summed E-state index contributed by atoms with van der Waals surface area (Å²) in [5, 5.41) is 3.02. The maximum absolute atomic E-state index is 14.3. The second-order valence-corrected chi connectivity index (χ2v) is 5.51. The van der Waals surface area contributed by atoms with Crippen molar-refractivity contribution >= 4 is 33.3 Å². The summed E-state index contributed by atoms with van der Waals surface area (Å²) in [6.45, 7) is 2.05. The molecule has 20 heavy (non-hydrogen) atoms. The van der Waals surface area contributed by atoms with Crippen molar-refractivity contribution in [3.8, 4) is 11.3 Å². The van der Waals surface area contributed by atoms with E-state index in [1.807, 2.05) is 6.92 Å². The first-order valence-electron chi connectivity index (χ1n) is 6.26. The largest absolute Gasteiger partial charge is 0.373 e. The molecule has 0 atom stereocenters. The SMILES string of the molecule is CCCc1nc(NC)cc(-c2ccc(Br)c(Cl)c2F)n1. The quantitative estimate of drug-likeness (QED) is 0.806. The van der Waals surface area contributed by atoms with Crippen molar-refractivity contribution in [2.45, 2.75) is 19.8 Å². The average Bonchev–Trinajstić information content (AvgIpc) is 2.45. The fourth-order valence-electron chi connectivity index (χ4n) is 1.82. The zero-order chi connectivity index (χ0) is 14.7. The Hall–Kier alpha value is -1.20. The zero-order valence-corrected chi connectivity index (χ0v) is 13.5. The third-order valence-corrected chi connectivity index (χ3v) is 4.07. The van der Waals surface area contributed by atoms with Gasteiger partial charge in [-0.2, -0.15) is 0 Å². The molecule has 106 valence electrons. The highest BCUT2D eigenvalue weighted by Gasteiger charge is 2.14. The number of nitrogens with one attached hydrogen (secondary N) is 1. The van der Waals surface area contributed by atoms with Gasteiger partial charge in [0.25, 0.3) is 0 Å². The van der Waals surface area contributed by atoms with Gasteiger partial charge in [-0.1, -0.05) is 18.5 Å². The van der Waals surface area contributed by atoms with Crippen LogP contribution in [-0.4, -0.2) is 17.0 Å². The molecular formula is C14H14BrClFN3. The van der Waals surface area contributed by atoms with E-state index in [0.29, 0.717) is 27.4 Å². The molecule has 0 spiro atoms. The molecule has 0 aliphatic carbocycles. The van der Waals surface area contributed by atoms with E-state index in [1.165, 1.54) is 0 Å². The highest BCUT2D eigenvalue weighted by molar-refractivity contribution is 9.10. The fourth-order valence-corrected chi connectivity index (χ4v) is 2.29. The highest BCUT2D eigenvalue weighted by atomic mass is 79.9. The maximum atomic E-state index is 14.3. The number of benzene rings is 1. The van der Waals surface area contributed by atoms with Crippen LogP contribution in [0, 0.1) is 5.82 Å². The third-order valence-electron chi connectivity index (χ3n) is 2.81. The van der Waals surface area contributed by atoms with Crippen LogP contribution in [0.5, 0.6) is 0 Å². The van der Waals surface area contributed by atoms with Crippen molar-refractivity contribution < 1.29 is 4.39 Å². The molecule has 0 aliphatic rings. The molecule has 1 N–H and O–H groups in total. The van der Waals surface area contributed by atoms with Gasteiger partial charge >= 0.3 is 0 Å². The van der Waals surface area contributed by atoms with Gasteiger partial charge in [-0.3, -0.25) is 0 Å². The lowest BCUT2D eigenvalue weighted by Crippen LogP contribution is -2.02. The molecule has 3 nitrogen and oxygen atoms in total. The summed E-state index contributed by atoms with van der Waals surface area (Å²) in [5.41, 5.74) is 0.897. The van der Waals surface area contributed by atoms with E-state index in [-0.39, 0.29) is 5.02 Å². The summed E-state index contributed by atoms with van der Waals surface area (Å²) in [6.07, 6.45) is 1.67. The second-order valence-electron chi connectivity index (χ2n) is 4.28. The molecule has 0 fully saturated rings. The van der Waals surface area contributed by atoms with Crippen LogP contribution in [0.3, 0.4) is 0 Å². The number of halogens is 3. The van der Waals surface area contributed by atoms with Gasteiger partial charge in [0.15, 0.2) is 5.82 Å². The number of aryl methyl sites for hydroxylation is 1. The van der Waals surface area contributed by atoms with Gasteiger partial charge in [-0.05, 0) is 34.5 Å². The van der Waals surface area contributed by atoms with Crippen molar-refractivity contribution in [1.29, 1.82) is 0 Å². The Morgan fingerprint density at radius 1 is 1.35 bits per heavy atom. The number of anilines is 1. The molecule has 0 bridgehead atoms. The van der Waals surface area contributed by atoms with Gasteiger partial charge in [0.05, 0.1) is 10.7 Å². The molecule has 0 unspecified atom stereocenters. The van der Waals surface area contributed by atoms with E-state index in [9.17, 15) is 4.39 Å². The summed E-state index contributed by atoms with van der Waals surface area (Å²) in [4.78, 5) is 8.76. The Morgan fingerprint density at radius 3 is 2.75 bits per heavy atom. The zero-order valence-electron chi connectivity index (χ0n) is 11.2. The minimum atomic E-state index is -0.482. The van der Waals surface area contributed by atoms with Crippen LogP contribution in [-0.2, 0) is 6.42 Å². The van der Waals surface area contributed by atoms with Crippen LogP contribution in [0.1, 0.15) is 19.2 Å². The van der Waals surface area contributed by atoms with E-state index < -0.39 is 5.82 Å². The first kappa shape index (κ1) is 15.2. The number of aromatic nitrogens is 2. The number of hydrogen-bond acceptors (Lipinski definition) is 3. The molecule has 0 saturated heterocycles. The molecule has 0 aliphatic heterocycles. The molecule has 2 rings (SSSR count). The number of nitrogens with zero attached hydrogens (tertiary/aromatic N) is 2. The second kappa shape index (κ2) is 6.50. The Bertz CT molecular complexity index is 634. The first-order chi connectivity index (χ1) is 9.56. The summed E-state index contributed by atoms with van der Waals surface area (Å²) in [6, 6.07) is 5.08. The van der Waals surface area contributed by atoms with Crippen molar-refractivity contribution in [1.82, 2.24) is 9.97 Å². The summed E-state index contributed by atoms with van der Waals surface area (Å²) >= 11 is 9.13. The lowest BCUT2D eigenvalue weighted by Gasteiger charge is -2.09. The van der Waals surface area contributed by atoms with Crippen molar-refractivity contribution in [3.05, 3.63) is 39.3 Å². The monoisotopic (exact) mass is 357 g/mol. The number of rotatable bonds is 4. The molecule has 0 saturated carbocycles. The van der Waals surface area contributed by atoms with Gasteiger partial charge < -0.3 is 5.32 Å². The van der Waals surface area contributed by atoms with E-state index in [1.54, 1.807) is 25.2 Å². The normalized spacial score (nSPS) is 10.7. The topological polar surface area (TPSA) is 37.8 Å². The van der Waals surface area contributed by atoms with Crippen LogP contribution in [0.2, 0.25) is 5.02 Å². The molecule has 2 aromatic rings. The smallest absolute Gasteiger partial charge is 0.152 e. The molecule has 0 radical (unpaired) electrons. The van der Waals surface area contributed by atoms with E-state index in [4.69, 9.17) is 11.6 Å². The third kappa shape index (κ3) is 3.10. The predicted molar refractivity (Wildman–Crippen MR) is 83.7 cm³/mol. The molecule has 1 aromatic heterocycles. The standard InChI is InChI=1S/C14H14BrClFN3/c1-3-4-11-19-10(7-12(18-2)20-11)8-5-6-9(15)13(16)14(8)17/h5-7H,3-4H2,1-2H3,(H,18,19,20). The summed E-state index contributed by atoms with van der Waals surface area (Å²) in [7, 11) is 1.77. The van der Waals surface area contributed by atoms with Gasteiger partial charge in [0.2, 0.25) is 0 Å². The van der Waals surface area contributed by atoms with E-state index >= 15 is 0 Å². The van der Waals surface area contributed by atoms with Crippen molar-refractivity contribution in [3.63, 3.8) is 0 Å². The minimum absolute atomic E-state index is 0.0594. The summed E-state index contributed by atoms with van der Waals surface area (Å²) in [5.74, 6) is 0.869. The molecular weight excluding hydrogens is 345 g/mol. The Balaban J connectivity index is 2.57. The Labute approximate surface area is 130 Å². The van der Waals surface area contributed by atoms with Gasteiger partial charge in [0.1, 0.15) is 11.6 Å². The molecule has 0 amide bonds. The molecule has 1 aromatic carbocycles. The van der Waals surface area contributed by atoms with Crippen LogP contribution in [0.4, 0.5) is 10.2 Å². The van der Waals surface area contributed by atoms with E-state index in [0.717, 1.165) is 12.8 Å². The maximum Gasteiger partial charge on any atom is 0.152 e. The lowest BCUT2D eigenvalue weighted by molar-refractivity contribution is 0.630. The highest BCUT2D eigenvalue weighted by Crippen LogP contribution is 2.32. The average molecular weight is 359 g/mol. The fraction of sp³-hybridized carbons (Fsp3) is 0.286. The Morgan fingerprint density at radius 2 is 2.10 bits per heavy atom. The lowest BCUT2D eigenvalue weighted by atomic mass is 10.1. The van der Waals surface area contributed by atoms with Crippen molar-refractivity contribution in [2.75, 3.05) is 12.4 Å². The van der Waals surface area contributed by atoms with Crippen molar-refractivity contribution in [2.24, 2.45) is 0 Å². The Kier molecular flexibility index (Phi) is 4.94. The van der Waals surface area contributed by atoms with Crippen LogP contribution in [0.15, 0.2) is 22.7 Å². The van der Waals surface area contributed by atoms with E-state index in [2.05, 4.69) is 31.2 Å². The van der Waals surface area contributed by atoms with Crippen LogP contribution < -0.4 is 5.32 Å². The van der Waals surface area contributed by atoms with Gasteiger partial charge in [-0.15, -0.1) is 0 Å². The summed E-state index contributed by atoms with van der Waals surface area (Å²) < 4.78 is 14.8. The van der Waals surface area contributed by atoms with Gasteiger partial charge in [-0.25, -0.2) is 14.4 Å². The van der Waals surface area contributed by atoms with Crippen LogP contribution >= 0.6 is 27.5 Å². The molecule has 1 heterocycles. The van der Waals surface area contributed by atoms with Crippen LogP contribution in [0.25, 0.3) is 11.3 Å². The first-order valence-corrected chi connectivity index (χ1v) is 7.43.